The molecule has 0 radical (unpaired) electrons. The van der Waals surface area contributed by atoms with Crippen molar-refractivity contribution in [3.63, 3.8) is 0 Å². The summed E-state index contributed by atoms with van der Waals surface area (Å²) < 4.78 is 0. The highest BCUT2D eigenvalue weighted by Crippen LogP contribution is 2.21. The Kier molecular flexibility index (Phi) is 4.43. The number of hydrogen-bond donors (Lipinski definition) is 4. The standard InChI is InChI=1S/C16H13NO5/c18-11-4-1-10(2-5-11)3-8-15(20)17-14-7-6-12(19)9-13(14)16(21)22/h1-9,18-19H,(H,17,20)(H,21,22)/b8-3-. The first-order valence-electron chi connectivity index (χ1n) is 6.30. The Balaban J connectivity index is 2.12. The van der Waals surface area contributed by atoms with Crippen LogP contribution in [0.1, 0.15) is 15.9 Å². The number of carbonyl (C=O) groups is 2. The third kappa shape index (κ3) is 3.86. The lowest BCUT2D eigenvalue weighted by molar-refractivity contribution is -0.111. The van der Waals surface area contributed by atoms with Gasteiger partial charge in [0, 0.05) is 6.08 Å². The van der Waals surface area contributed by atoms with Gasteiger partial charge in [0.1, 0.15) is 11.5 Å². The van der Waals surface area contributed by atoms with Crippen molar-refractivity contribution in [2.24, 2.45) is 0 Å². The molecule has 6 nitrogen and oxygen atoms in total. The van der Waals surface area contributed by atoms with Crippen LogP contribution in [-0.2, 0) is 4.79 Å². The normalized spacial score (nSPS) is 10.5. The summed E-state index contributed by atoms with van der Waals surface area (Å²) in [6.07, 6.45) is 2.76. The van der Waals surface area contributed by atoms with Gasteiger partial charge in [-0.25, -0.2) is 4.79 Å². The minimum atomic E-state index is -1.26. The molecular weight excluding hydrogens is 286 g/mol. The van der Waals surface area contributed by atoms with E-state index in [0.29, 0.717) is 5.56 Å². The van der Waals surface area contributed by atoms with E-state index < -0.39 is 11.9 Å². The zero-order chi connectivity index (χ0) is 16.1. The van der Waals surface area contributed by atoms with Crippen LogP contribution in [0.5, 0.6) is 11.5 Å². The number of aromatic carboxylic acids is 1. The molecule has 0 unspecified atom stereocenters. The van der Waals surface area contributed by atoms with Gasteiger partial charge in [-0.3, -0.25) is 4.79 Å². The van der Waals surface area contributed by atoms with Crippen LogP contribution in [0.3, 0.4) is 0 Å². The molecule has 2 rings (SSSR count). The molecule has 6 heteroatoms. The molecule has 0 atom stereocenters. The average Bonchev–Trinajstić information content (AvgIpc) is 2.48. The molecule has 22 heavy (non-hydrogen) atoms. The first-order chi connectivity index (χ1) is 10.5. The Morgan fingerprint density at radius 3 is 2.23 bits per heavy atom. The maximum absolute atomic E-state index is 11.8. The molecule has 0 aliphatic carbocycles. The Hall–Kier alpha value is -3.28. The van der Waals surface area contributed by atoms with Gasteiger partial charge in [-0.05, 0) is 42.0 Å². The van der Waals surface area contributed by atoms with Crippen LogP contribution < -0.4 is 5.32 Å². The van der Waals surface area contributed by atoms with E-state index >= 15 is 0 Å². The number of carboxylic acid groups (broad SMARTS) is 1. The van der Waals surface area contributed by atoms with Gasteiger partial charge in [0.25, 0.3) is 0 Å². The van der Waals surface area contributed by atoms with Crippen LogP contribution in [0.4, 0.5) is 5.69 Å². The van der Waals surface area contributed by atoms with Crippen molar-refractivity contribution in [2.45, 2.75) is 0 Å². The molecule has 0 bridgehead atoms. The van der Waals surface area contributed by atoms with Crippen molar-refractivity contribution in [3.8, 4) is 11.5 Å². The predicted octanol–water partition coefficient (Wildman–Crippen LogP) is 2.45. The lowest BCUT2D eigenvalue weighted by Crippen LogP contribution is -2.11. The molecule has 0 aromatic heterocycles. The SMILES string of the molecule is O=C(/C=C\c1ccc(O)cc1)Nc1ccc(O)cc1C(=O)O. The first-order valence-corrected chi connectivity index (χ1v) is 6.30. The Morgan fingerprint density at radius 2 is 1.59 bits per heavy atom. The highest BCUT2D eigenvalue weighted by atomic mass is 16.4. The van der Waals surface area contributed by atoms with E-state index in [-0.39, 0.29) is 22.7 Å². The largest absolute Gasteiger partial charge is 0.508 e. The van der Waals surface area contributed by atoms with Gasteiger partial charge in [-0.15, -0.1) is 0 Å². The number of aromatic hydroxyl groups is 2. The topological polar surface area (TPSA) is 107 Å². The second-order valence-electron chi connectivity index (χ2n) is 4.45. The second-order valence-corrected chi connectivity index (χ2v) is 4.45. The van der Waals surface area contributed by atoms with Gasteiger partial charge in [0.2, 0.25) is 5.91 Å². The molecule has 112 valence electrons. The molecule has 1 amide bonds. The molecule has 0 saturated heterocycles. The number of carboxylic acids is 1. The Morgan fingerprint density at radius 1 is 0.955 bits per heavy atom. The number of hydrogen-bond acceptors (Lipinski definition) is 4. The molecule has 0 fully saturated rings. The molecule has 2 aromatic rings. The number of phenols is 2. The van der Waals surface area contributed by atoms with Crippen LogP contribution in [0.15, 0.2) is 48.5 Å². The summed E-state index contributed by atoms with van der Waals surface area (Å²) in [6.45, 7) is 0. The van der Waals surface area contributed by atoms with Crippen LogP contribution in [0, 0.1) is 0 Å². The van der Waals surface area contributed by atoms with Crippen LogP contribution in [0.25, 0.3) is 6.08 Å². The number of phenolic OH excluding ortho intramolecular Hbond substituents is 2. The predicted molar refractivity (Wildman–Crippen MR) is 80.8 cm³/mol. The number of rotatable bonds is 4. The summed E-state index contributed by atoms with van der Waals surface area (Å²) in [5, 5.41) is 29.9. The minimum Gasteiger partial charge on any atom is -0.508 e. The fourth-order valence-electron chi connectivity index (χ4n) is 1.75. The molecule has 0 aliphatic rings. The number of amides is 1. The molecule has 2 aromatic carbocycles. The van der Waals surface area contributed by atoms with E-state index in [1.807, 2.05) is 0 Å². The van der Waals surface area contributed by atoms with Crippen molar-refractivity contribution in [2.75, 3.05) is 5.32 Å². The van der Waals surface area contributed by atoms with Crippen LogP contribution in [-0.4, -0.2) is 27.2 Å². The van der Waals surface area contributed by atoms with Gasteiger partial charge in [-0.2, -0.15) is 0 Å². The third-order valence-corrected chi connectivity index (χ3v) is 2.81. The molecule has 0 saturated carbocycles. The van der Waals surface area contributed by atoms with Gasteiger partial charge in [0.15, 0.2) is 0 Å². The van der Waals surface area contributed by atoms with E-state index in [4.69, 9.17) is 10.2 Å². The number of benzene rings is 2. The summed E-state index contributed by atoms with van der Waals surface area (Å²) in [4.78, 5) is 22.9. The van der Waals surface area contributed by atoms with Crippen molar-refractivity contribution in [1.29, 1.82) is 0 Å². The van der Waals surface area contributed by atoms with E-state index in [2.05, 4.69) is 5.32 Å². The summed E-state index contributed by atoms with van der Waals surface area (Å²) in [6, 6.07) is 9.88. The van der Waals surface area contributed by atoms with E-state index in [1.54, 1.807) is 12.1 Å². The van der Waals surface area contributed by atoms with E-state index in [1.165, 1.54) is 36.4 Å². The number of anilines is 1. The monoisotopic (exact) mass is 299 g/mol. The Labute approximate surface area is 126 Å². The summed E-state index contributed by atoms with van der Waals surface area (Å²) in [5.41, 5.74) is 0.592. The van der Waals surface area contributed by atoms with Crippen molar-refractivity contribution < 1.29 is 24.9 Å². The maximum atomic E-state index is 11.8. The highest BCUT2D eigenvalue weighted by Gasteiger charge is 2.12. The maximum Gasteiger partial charge on any atom is 0.337 e. The molecular formula is C16H13NO5. The van der Waals surface area contributed by atoms with Crippen molar-refractivity contribution >= 4 is 23.6 Å². The van der Waals surface area contributed by atoms with Crippen molar-refractivity contribution in [3.05, 3.63) is 59.7 Å². The van der Waals surface area contributed by atoms with Crippen LogP contribution in [0.2, 0.25) is 0 Å². The zero-order valence-corrected chi connectivity index (χ0v) is 11.4. The number of carbonyl (C=O) groups excluding carboxylic acids is 1. The Bertz CT molecular complexity index is 735. The van der Waals surface area contributed by atoms with Gasteiger partial charge < -0.3 is 20.6 Å². The molecule has 0 spiro atoms. The lowest BCUT2D eigenvalue weighted by Gasteiger charge is -2.07. The van der Waals surface area contributed by atoms with E-state index in [9.17, 15) is 14.7 Å². The quantitative estimate of drug-likeness (QED) is 0.512. The summed E-state index contributed by atoms with van der Waals surface area (Å²) in [5.74, 6) is -1.85. The van der Waals surface area contributed by atoms with E-state index in [0.717, 1.165) is 6.07 Å². The summed E-state index contributed by atoms with van der Waals surface area (Å²) >= 11 is 0. The van der Waals surface area contributed by atoms with Gasteiger partial charge >= 0.3 is 5.97 Å². The average molecular weight is 299 g/mol. The van der Waals surface area contributed by atoms with Gasteiger partial charge in [0.05, 0.1) is 11.3 Å². The summed E-state index contributed by atoms with van der Waals surface area (Å²) in [7, 11) is 0. The smallest absolute Gasteiger partial charge is 0.337 e. The van der Waals surface area contributed by atoms with Crippen molar-refractivity contribution in [1.82, 2.24) is 0 Å². The molecule has 4 N–H and O–H groups in total. The minimum absolute atomic E-state index is 0.0886. The fourth-order valence-corrected chi connectivity index (χ4v) is 1.75. The zero-order valence-electron chi connectivity index (χ0n) is 11.4. The second kappa shape index (κ2) is 6.45. The lowest BCUT2D eigenvalue weighted by atomic mass is 10.1. The van der Waals surface area contributed by atoms with Crippen LogP contribution >= 0.6 is 0 Å². The highest BCUT2D eigenvalue weighted by molar-refractivity contribution is 6.06. The number of nitrogens with one attached hydrogen (secondary N) is 1. The third-order valence-electron chi connectivity index (χ3n) is 2.81. The first kappa shape index (κ1) is 15.1. The van der Waals surface area contributed by atoms with Gasteiger partial charge in [-0.1, -0.05) is 12.1 Å². The molecule has 0 aliphatic heterocycles. The molecule has 0 heterocycles. The fraction of sp³-hybridized carbons (Fsp3) is 0.